The molecule has 0 spiro atoms. The van der Waals surface area contributed by atoms with E-state index in [4.69, 9.17) is 4.74 Å². The predicted octanol–water partition coefficient (Wildman–Crippen LogP) is 1.73. The monoisotopic (exact) mass is 392 g/mol. The zero-order valence-electron chi connectivity index (χ0n) is 15.2. The highest BCUT2D eigenvalue weighted by Crippen LogP contribution is 2.25. The largest absolute Gasteiger partial charge is 0.445 e. The van der Waals surface area contributed by atoms with Gasteiger partial charge in [-0.05, 0) is 23.5 Å². The van der Waals surface area contributed by atoms with Gasteiger partial charge in [-0.3, -0.25) is 5.10 Å². The third kappa shape index (κ3) is 5.54. The highest BCUT2D eigenvalue weighted by Gasteiger charge is 2.36. The molecule has 0 aliphatic carbocycles. The van der Waals surface area contributed by atoms with Gasteiger partial charge in [-0.15, -0.1) is 0 Å². The van der Waals surface area contributed by atoms with Crippen molar-refractivity contribution >= 4 is 16.1 Å². The van der Waals surface area contributed by atoms with Crippen LogP contribution in [0.25, 0.3) is 0 Å². The lowest BCUT2D eigenvalue weighted by Gasteiger charge is -2.16. The fourth-order valence-electron chi connectivity index (χ4n) is 3.12. The van der Waals surface area contributed by atoms with E-state index in [2.05, 4.69) is 14.9 Å². The number of carbonyl (C=O) groups is 1. The molecule has 1 amide bonds. The van der Waals surface area contributed by atoms with Gasteiger partial charge in [0.2, 0.25) is 10.0 Å². The first kappa shape index (κ1) is 19.4. The van der Waals surface area contributed by atoms with E-state index in [0.29, 0.717) is 18.8 Å². The Labute approximate surface area is 159 Å². The summed E-state index contributed by atoms with van der Waals surface area (Å²) in [5.41, 5.74) is 1.62. The van der Waals surface area contributed by atoms with Crippen molar-refractivity contribution in [2.75, 3.05) is 18.8 Å². The second kappa shape index (κ2) is 8.53. The fourth-order valence-corrected chi connectivity index (χ4v) is 4.61. The third-order valence-corrected chi connectivity index (χ3v) is 6.16. The van der Waals surface area contributed by atoms with E-state index in [1.165, 1.54) is 0 Å². The van der Waals surface area contributed by atoms with Crippen LogP contribution in [-0.4, -0.2) is 48.5 Å². The number of carbonyl (C=O) groups excluding carboxylic acids is 1. The lowest BCUT2D eigenvalue weighted by Crippen LogP contribution is -2.33. The van der Waals surface area contributed by atoms with Gasteiger partial charge in [0, 0.05) is 19.3 Å². The van der Waals surface area contributed by atoms with Gasteiger partial charge in [0.15, 0.2) is 0 Å². The van der Waals surface area contributed by atoms with Crippen LogP contribution in [0.5, 0.6) is 0 Å². The maximum atomic E-state index is 12.3. The Hall–Kier alpha value is -2.39. The van der Waals surface area contributed by atoms with Crippen molar-refractivity contribution in [2.24, 2.45) is 11.8 Å². The second-order valence-electron chi connectivity index (χ2n) is 6.87. The van der Waals surface area contributed by atoms with Crippen molar-refractivity contribution in [1.82, 2.24) is 19.8 Å². The number of sulfonamides is 1. The van der Waals surface area contributed by atoms with E-state index >= 15 is 0 Å². The van der Waals surface area contributed by atoms with Crippen molar-refractivity contribution in [3.8, 4) is 0 Å². The van der Waals surface area contributed by atoms with Gasteiger partial charge in [-0.1, -0.05) is 37.3 Å². The zero-order chi connectivity index (χ0) is 19.3. The number of hydrogen-bond acceptors (Lipinski definition) is 5. The molecular weight excluding hydrogens is 368 g/mol. The Bertz CT molecular complexity index is 840. The molecule has 27 heavy (non-hydrogen) atoms. The number of aromatic amines is 1. The summed E-state index contributed by atoms with van der Waals surface area (Å²) in [6, 6.07) is 11.2. The number of aromatic nitrogens is 2. The Kier molecular flexibility index (Phi) is 6.12. The minimum Gasteiger partial charge on any atom is -0.445 e. The molecule has 8 nitrogen and oxygen atoms in total. The Morgan fingerprint density at radius 2 is 2.07 bits per heavy atom. The van der Waals surface area contributed by atoms with E-state index in [-0.39, 0.29) is 30.7 Å². The van der Waals surface area contributed by atoms with Crippen molar-refractivity contribution in [1.29, 1.82) is 0 Å². The van der Waals surface area contributed by atoms with Gasteiger partial charge in [-0.25, -0.2) is 17.9 Å². The number of benzene rings is 1. The number of likely N-dealkylation sites (tertiary alicyclic amines) is 1. The molecule has 1 aromatic carbocycles. The van der Waals surface area contributed by atoms with E-state index in [9.17, 15) is 13.2 Å². The topological polar surface area (TPSA) is 104 Å². The number of ether oxygens (including phenoxy) is 1. The molecule has 0 saturated carbocycles. The summed E-state index contributed by atoms with van der Waals surface area (Å²) in [6.07, 6.45) is 1.16. The van der Waals surface area contributed by atoms with Crippen LogP contribution in [0.2, 0.25) is 0 Å². The minimum absolute atomic E-state index is 0.0230. The molecule has 2 N–H and O–H groups in total. The lowest BCUT2D eigenvalue weighted by atomic mass is 10.0. The fraction of sp³-hybridized carbons (Fsp3) is 0.444. The van der Waals surface area contributed by atoms with E-state index in [1.54, 1.807) is 17.2 Å². The van der Waals surface area contributed by atoms with Crippen LogP contribution >= 0.6 is 0 Å². The third-order valence-electron chi connectivity index (χ3n) is 4.71. The Morgan fingerprint density at radius 3 is 2.78 bits per heavy atom. The molecule has 0 radical (unpaired) electrons. The first-order chi connectivity index (χ1) is 12.9. The number of amides is 1. The maximum Gasteiger partial charge on any atom is 0.410 e. The smallest absolute Gasteiger partial charge is 0.410 e. The standard InChI is InChI=1S/C18H24N4O4S/c1-14-10-22(18(23)26-12-15-5-3-2-4-6-15)11-16(14)13-27(24,25)20-9-17-7-8-19-21-17/h2-8,14,16,20H,9-13H2,1H3,(H,19,21). The summed E-state index contributed by atoms with van der Waals surface area (Å²) >= 11 is 0. The predicted molar refractivity (Wildman–Crippen MR) is 100 cm³/mol. The molecule has 3 rings (SSSR count). The second-order valence-corrected chi connectivity index (χ2v) is 8.72. The number of hydrogen-bond donors (Lipinski definition) is 2. The van der Waals surface area contributed by atoms with Crippen molar-refractivity contribution in [2.45, 2.75) is 20.1 Å². The minimum atomic E-state index is -3.45. The van der Waals surface area contributed by atoms with Crippen LogP contribution < -0.4 is 4.72 Å². The number of nitrogens with one attached hydrogen (secondary N) is 2. The first-order valence-electron chi connectivity index (χ1n) is 8.84. The molecule has 2 atom stereocenters. The summed E-state index contributed by atoms with van der Waals surface area (Å²) in [5.74, 6) is -0.0725. The van der Waals surface area contributed by atoms with Crippen LogP contribution in [-0.2, 0) is 27.9 Å². The van der Waals surface area contributed by atoms with E-state index in [1.807, 2.05) is 37.3 Å². The highest BCUT2D eigenvalue weighted by molar-refractivity contribution is 7.89. The SMILES string of the molecule is CC1CN(C(=O)OCc2ccccc2)CC1CS(=O)(=O)NCc1ccn[nH]1. The van der Waals surface area contributed by atoms with E-state index in [0.717, 1.165) is 5.56 Å². The highest BCUT2D eigenvalue weighted by atomic mass is 32.2. The van der Waals surface area contributed by atoms with Crippen LogP contribution in [0, 0.1) is 11.8 Å². The summed E-state index contributed by atoms with van der Waals surface area (Å²) in [4.78, 5) is 13.9. The molecule has 1 fully saturated rings. The molecule has 1 aliphatic heterocycles. The number of rotatable bonds is 7. The van der Waals surface area contributed by atoms with Gasteiger partial charge in [0.25, 0.3) is 0 Å². The zero-order valence-corrected chi connectivity index (χ0v) is 16.0. The van der Waals surface area contributed by atoms with Gasteiger partial charge in [0.05, 0.1) is 18.0 Å². The van der Waals surface area contributed by atoms with Crippen LogP contribution in [0.4, 0.5) is 4.79 Å². The van der Waals surface area contributed by atoms with Gasteiger partial charge in [0.1, 0.15) is 6.61 Å². The number of H-pyrrole nitrogens is 1. The van der Waals surface area contributed by atoms with E-state index < -0.39 is 16.1 Å². The molecule has 2 heterocycles. The molecule has 1 aromatic heterocycles. The van der Waals surface area contributed by atoms with Crippen molar-refractivity contribution in [3.63, 3.8) is 0 Å². The molecule has 146 valence electrons. The summed E-state index contributed by atoms with van der Waals surface area (Å²) in [6.45, 7) is 3.21. The average Bonchev–Trinajstić information content (AvgIpc) is 3.29. The van der Waals surface area contributed by atoms with Gasteiger partial charge in [-0.2, -0.15) is 5.10 Å². The molecule has 2 unspecified atom stereocenters. The maximum absolute atomic E-state index is 12.3. The van der Waals surface area contributed by atoms with Gasteiger partial charge < -0.3 is 9.64 Å². The Balaban J connectivity index is 1.49. The number of nitrogens with zero attached hydrogens (tertiary/aromatic N) is 2. The van der Waals surface area contributed by atoms with Gasteiger partial charge >= 0.3 is 6.09 Å². The molecular formula is C18H24N4O4S. The summed E-state index contributed by atoms with van der Waals surface area (Å²) < 4.78 is 32.6. The molecule has 2 aromatic rings. The lowest BCUT2D eigenvalue weighted by molar-refractivity contribution is 0.103. The molecule has 9 heteroatoms. The van der Waals surface area contributed by atoms with Crippen LogP contribution in [0.1, 0.15) is 18.2 Å². The quantitative estimate of drug-likeness (QED) is 0.747. The van der Waals surface area contributed by atoms with Crippen LogP contribution in [0.3, 0.4) is 0 Å². The van der Waals surface area contributed by atoms with Crippen molar-refractivity contribution in [3.05, 3.63) is 53.9 Å². The molecule has 0 bridgehead atoms. The van der Waals surface area contributed by atoms with Crippen LogP contribution in [0.15, 0.2) is 42.6 Å². The molecule has 1 saturated heterocycles. The summed E-state index contributed by atoms with van der Waals surface area (Å²) in [5, 5.41) is 6.50. The Morgan fingerprint density at radius 1 is 1.30 bits per heavy atom. The van der Waals surface area contributed by atoms with Crippen molar-refractivity contribution < 1.29 is 17.9 Å². The molecule has 1 aliphatic rings. The normalized spacial score (nSPS) is 20.0. The first-order valence-corrected chi connectivity index (χ1v) is 10.5. The average molecular weight is 392 g/mol. The summed E-state index contributed by atoms with van der Waals surface area (Å²) in [7, 11) is -3.45.